The molecule has 1 N–H and O–H groups in total. The van der Waals surface area contributed by atoms with Crippen LogP contribution in [0, 0.1) is 0 Å². The van der Waals surface area contributed by atoms with E-state index in [9.17, 15) is 0 Å². The number of nitrogens with one attached hydrogen (secondary N) is 1. The minimum atomic E-state index is 0. The van der Waals surface area contributed by atoms with Gasteiger partial charge in [-0.3, -0.25) is 0 Å². The normalized spacial score (nSPS) is 22.0. The molecule has 13 heavy (non-hydrogen) atoms. The van der Waals surface area contributed by atoms with Crippen LogP contribution in [-0.4, -0.2) is 19.7 Å². The molecule has 0 aliphatic carbocycles. The van der Waals surface area contributed by atoms with Crippen LogP contribution >= 0.6 is 12.4 Å². The second-order valence-electron chi connectivity index (χ2n) is 2.97. The molecule has 1 aliphatic rings. The molecule has 1 saturated heterocycles. The summed E-state index contributed by atoms with van der Waals surface area (Å²) in [6.07, 6.45) is 0.250. The van der Waals surface area contributed by atoms with Crippen LogP contribution in [-0.2, 0) is 4.74 Å². The summed E-state index contributed by atoms with van der Waals surface area (Å²) in [4.78, 5) is 0. The van der Waals surface area contributed by atoms with Crippen molar-refractivity contribution in [2.75, 3.05) is 19.7 Å². The first-order chi connectivity index (χ1) is 5.97. The lowest BCUT2D eigenvalue weighted by Crippen LogP contribution is -2.33. The second kappa shape index (κ2) is 5.22. The van der Waals surface area contributed by atoms with Gasteiger partial charge in [-0.15, -0.1) is 12.4 Å². The average molecular weight is 200 g/mol. The molecule has 0 aromatic heterocycles. The van der Waals surface area contributed by atoms with E-state index in [2.05, 4.69) is 17.4 Å². The SMILES string of the molecule is Cl.c1ccc([C@@H]2CNCCO2)cc1. The summed E-state index contributed by atoms with van der Waals surface area (Å²) < 4.78 is 5.60. The van der Waals surface area contributed by atoms with E-state index in [0.717, 1.165) is 19.7 Å². The molecule has 2 rings (SSSR count). The van der Waals surface area contributed by atoms with Gasteiger partial charge in [0.1, 0.15) is 0 Å². The van der Waals surface area contributed by atoms with Gasteiger partial charge in [-0.25, -0.2) is 0 Å². The zero-order chi connectivity index (χ0) is 8.23. The standard InChI is InChI=1S/C10H13NO.ClH/c1-2-4-9(5-3-1)10-8-11-6-7-12-10;/h1-5,10-11H,6-8H2;1H/t10-;/m0./s1. The molecule has 0 saturated carbocycles. The van der Waals surface area contributed by atoms with Crippen LogP contribution in [0.5, 0.6) is 0 Å². The number of hydrogen-bond acceptors (Lipinski definition) is 2. The van der Waals surface area contributed by atoms with E-state index in [1.807, 2.05) is 18.2 Å². The lowest BCUT2D eigenvalue weighted by atomic mass is 10.1. The van der Waals surface area contributed by atoms with Gasteiger partial charge in [0.05, 0.1) is 12.7 Å². The van der Waals surface area contributed by atoms with Gasteiger partial charge in [-0.1, -0.05) is 30.3 Å². The fourth-order valence-electron chi connectivity index (χ4n) is 1.45. The van der Waals surface area contributed by atoms with Crippen LogP contribution in [0.2, 0.25) is 0 Å². The van der Waals surface area contributed by atoms with Crippen molar-refractivity contribution in [1.29, 1.82) is 0 Å². The van der Waals surface area contributed by atoms with Crippen LogP contribution in [0.15, 0.2) is 30.3 Å². The molecule has 1 atom stereocenters. The third-order valence-corrected chi connectivity index (χ3v) is 2.10. The Hall–Kier alpha value is -0.570. The van der Waals surface area contributed by atoms with Gasteiger partial charge in [-0.2, -0.15) is 0 Å². The van der Waals surface area contributed by atoms with Gasteiger partial charge in [0.2, 0.25) is 0 Å². The highest BCUT2D eigenvalue weighted by Gasteiger charge is 2.14. The molecule has 1 aliphatic heterocycles. The van der Waals surface area contributed by atoms with Crippen LogP contribution in [0.4, 0.5) is 0 Å². The first-order valence-corrected chi connectivity index (χ1v) is 4.34. The zero-order valence-electron chi connectivity index (χ0n) is 7.40. The molecule has 0 radical (unpaired) electrons. The van der Waals surface area contributed by atoms with E-state index < -0.39 is 0 Å². The first-order valence-electron chi connectivity index (χ1n) is 4.34. The van der Waals surface area contributed by atoms with E-state index >= 15 is 0 Å². The molecular formula is C10H14ClNO. The average Bonchev–Trinajstić information content (AvgIpc) is 2.21. The van der Waals surface area contributed by atoms with E-state index in [-0.39, 0.29) is 18.5 Å². The molecule has 1 fully saturated rings. The van der Waals surface area contributed by atoms with Crippen molar-refractivity contribution in [3.05, 3.63) is 35.9 Å². The van der Waals surface area contributed by atoms with Crippen molar-refractivity contribution in [1.82, 2.24) is 5.32 Å². The maximum absolute atomic E-state index is 5.60. The summed E-state index contributed by atoms with van der Waals surface area (Å²) in [7, 11) is 0. The van der Waals surface area contributed by atoms with Crippen LogP contribution < -0.4 is 5.32 Å². The Morgan fingerprint density at radius 1 is 1.23 bits per heavy atom. The second-order valence-corrected chi connectivity index (χ2v) is 2.97. The molecule has 1 heterocycles. The zero-order valence-corrected chi connectivity index (χ0v) is 8.22. The molecule has 2 nitrogen and oxygen atoms in total. The molecule has 0 amide bonds. The highest BCUT2D eigenvalue weighted by molar-refractivity contribution is 5.85. The minimum Gasteiger partial charge on any atom is -0.371 e. The molecule has 1 aromatic rings. The Kier molecular flexibility index (Phi) is 4.22. The number of ether oxygens (including phenoxy) is 1. The van der Waals surface area contributed by atoms with Crippen molar-refractivity contribution < 1.29 is 4.74 Å². The summed E-state index contributed by atoms with van der Waals surface area (Å²) >= 11 is 0. The van der Waals surface area contributed by atoms with Gasteiger partial charge in [0.25, 0.3) is 0 Å². The molecule has 0 spiro atoms. The van der Waals surface area contributed by atoms with Crippen LogP contribution in [0.25, 0.3) is 0 Å². The maximum atomic E-state index is 5.60. The Labute approximate surface area is 84.7 Å². The fraction of sp³-hybridized carbons (Fsp3) is 0.400. The van der Waals surface area contributed by atoms with Gasteiger partial charge < -0.3 is 10.1 Å². The van der Waals surface area contributed by atoms with Crippen molar-refractivity contribution in [2.24, 2.45) is 0 Å². The van der Waals surface area contributed by atoms with Crippen molar-refractivity contribution in [2.45, 2.75) is 6.10 Å². The minimum absolute atomic E-state index is 0. The fourth-order valence-corrected chi connectivity index (χ4v) is 1.45. The summed E-state index contributed by atoms with van der Waals surface area (Å²) in [5, 5.41) is 3.31. The van der Waals surface area contributed by atoms with Crippen LogP contribution in [0.1, 0.15) is 11.7 Å². The number of rotatable bonds is 1. The quantitative estimate of drug-likeness (QED) is 0.745. The highest BCUT2D eigenvalue weighted by Crippen LogP contribution is 2.17. The Morgan fingerprint density at radius 3 is 2.62 bits per heavy atom. The van der Waals surface area contributed by atoms with E-state index in [0.29, 0.717) is 0 Å². The predicted molar refractivity (Wildman–Crippen MR) is 55.3 cm³/mol. The number of morpholine rings is 1. The third-order valence-electron chi connectivity index (χ3n) is 2.10. The summed E-state index contributed by atoms with van der Waals surface area (Å²) in [5.41, 5.74) is 1.27. The smallest absolute Gasteiger partial charge is 0.0949 e. The van der Waals surface area contributed by atoms with E-state index in [1.54, 1.807) is 0 Å². The lowest BCUT2D eigenvalue weighted by Gasteiger charge is -2.23. The van der Waals surface area contributed by atoms with E-state index in [4.69, 9.17) is 4.74 Å². The highest BCUT2D eigenvalue weighted by atomic mass is 35.5. The number of benzene rings is 1. The molecule has 72 valence electrons. The van der Waals surface area contributed by atoms with E-state index in [1.165, 1.54) is 5.56 Å². The monoisotopic (exact) mass is 199 g/mol. The number of hydrogen-bond donors (Lipinski definition) is 1. The van der Waals surface area contributed by atoms with Gasteiger partial charge in [0, 0.05) is 13.1 Å². The topological polar surface area (TPSA) is 21.3 Å². The summed E-state index contributed by atoms with van der Waals surface area (Å²) in [6.45, 7) is 2.73. The van der Waals surface area contributed by atoms with Crippen LogP contribution in [0.3, 0.4) is 0 Å². The molecule has 3 heteroatoms. The van der Waals surface area contributed by atoms with Crippen molar-refractivity contribution in [3.8, 4) is 0 Å². The van der Waals surface area contributed by atoms with Crippen molar-refractivity contribution in [3.63, 3.8) is 0 Å². The summed E-state index contributed by atoms with van der Waals surface area (Å²) in [5.74, 6) is 0. The largest absolute Gasteiger partial charge is 0.371 e. The molecule has 0 bridgehead atoms. The predicted octanol–water partition coefficient (Wildman–Crippen LogP) is 1.77. The molecule has 0 unspecified atom stereocenters. The first kappa shape index (κ1) is 10.5. The number of halogens is 1. The molecular weight excluding hydrogens is 186 g/mol. The summed E-state index contributed by atoms with van der Waals surface area (Å²) in [6, 6.07) is 10.3. The Morgan fingerprint density at radius 2 is 2.00 bits per heavy atom. The van der Waals surface area contributed by atoms with Crippen molar-refractivity contribution >= 4 is 12.4 Å². The lowest BCUT2D eigenvalue weighted by molar-refractivity contribution is 0.0277. The van der Waals surface area contributed by atoms with Gasteiger partial charge >= 0.3 is 0 Å². The Balaban J connectivity index is 0.000000845. The molecule has 1 aromatic carbocycles. The van der Waals surface area contributed by atoms with Gasteiger partial charge in [0.15, 0.2) is 0 Å². The Bertz CT molecular complexity index is 234. The maximum Gasteiger partial charge on any atom is 0.0949 e. The third kappa shape index (κ3) is 2.69. The van der Waals surface area contributed by atoms with Gasteiger partial charge in [-0.05, 0) is 5.56 Å².